The van der Waals surface area contributed by atoms with Crippen LogP contribution in [-0.2, 0) is 4.79 Å². The van der Waals surface area contributed by atoms with Crippen molar-refractivity contribution in [2.24, 2.45) is 0 Å². The predicted octanol–water partition coefficient (Wildman–Crippen LogP) is 4.69. The number of anilines is 1. The van der Waals surface area contributed by atoms with E-state index in [9.17, 15) is 9.59 Å². The summed E-state index contributed by atoms with van der Waals surface area (Å²) in [5.74, 6) is -0.0652. The molecular formula is C18H16BrNO2. The molecule has 112 valence electrons. The molecule has 2 aromatic rings. The van der Waals surface area contributed by atoms with Gasteiger partial charge in [-0.15, -0.1) is 0 Å². The zero-order valence-corrected chi connectivity index (χ0v) is 13.8. The molecule has 0 heterocycles. The molecule has 0 bridgehead atoms. The van der Waals surface area contributed by atoms with E-state index in [4.69, 9.17) is 0 Å². The summed E-state index contributed by atoms with van der Waals surface area (Å²) >= 11 is 3.34. The van der Waals surface area contributed by atoms with Crippen molar-refractivity contribution >= 4 is 39.4 Å². The maximum absolute atomic E-state index is 12.0. The number of carbonyl (C=O) groups is 2. The van der Waals surface area contributed by atoms with E-state index >= 15 is 0 Å². The van der Waals surface area contributed by atoms with Crippen molar-refractivity contribution in [3.8, 4) is 0 Å². The average molecular weight is 358 g/mol. The Hall–Kier alpha value is -2.20. The number of ketones is 1. The van der Waals surface area contributed by atoms with Crippen LogP contribution < -0.4 is 5.32 Å². The van der Waals surface area contributed by atoms with Gasteiger partial charge in [-0.2, -0.15) is 0 Å². The van der Waals surface area contributed by atoms with Crippen LogP contribution >= 0.6 is 15.9 Å². The Morgan fingerprint density at radius 1 is 1.05 bits per heavy atom. The molecule has 0 spiro atoms. The summed E-state index contributed by atoms with van der Waals surface area (Å²) in [5, 5.41) is 2.78. The molecule has 0 fully saturated rings. The van der Waals surface area contributed by atoms with Crippen molar-refractivity contribution in [1.29, 1.82) is 0 Å². The molecule has 1 amide bonds. The summed E-state index contributed by atoms with van der Waals surface area (Å²) in [7, 11) is 0. The van der Waals surface area contributed by atoms with E-state index in [0.29, 0.717) is 12.0 Å². The minimum Gasteiger partial charge on any atom is -0.326 e. The fraction of sp³-hybridized carbons (Fsp3) is 0.111. The van der Waals surface area contributed by atoms with E-state index in [1.807, 2.05) is 36.4 Å². The van der Waals surface area contributed by atoms with E-state index in [-0.39, 0.29) is 11.7 Å². The van der Waals surface area contributed by atoms with Crippen molar-refractivity contribution in [2.75, 3.05) is 5.32 Å². The zero-order chi connectivity index (χ0) is 15.9. The Morgan fingerprint density at radius 3 is 2.27 bits per heavy atom. The van der Waals surface area contributed by atoms with Crippen molar-refractivity contribution in [2.45, 2.75) is 13.3 Å². The standard InChI is InChI=1S/C18H16BrNO2/c1-2-18(22)20-16-10-3-13(4-11-16)5-12-17(21)14-6-8-15(19)9-7-14/h3-12H,2H2,1H3,(H,20,22). The highest BCUT2D eigenvalue weighted by Crippen LogP contribution is 2.13. The highest BCUT2D eigenvalue weighted by Gasteiger charge is 2.01. The second-order valence-electron chi connectivity index (χ2n) is 4.73. The van der Waals surface area contributed by atoms with Gasteiger partial charge in [0.05, 0.1) is 0 Å². The molecule has 3 nitrogen and oxygen atoms in total. The summed E-state index contributed by atoms with van der Waals surface area (Å²) in [5.41, 5.74) is 2.30. The Bertz CT molecular complexity index is 688. The molecule has 2 aromatic carbocycles. The fourth-order valence-electron chi connectivity index (χ4n) is 1.81. The van der Waals surface area contributed by atoms with Gasteiger partial charge in [0, 0.05) is 22.1 Å². The highest BCUT2D eigenvalue weighted by molar-refractivity contribution is 9.10. The maximum atomic E-state index is 12.0. The maximum Gasteiger partial charge on any atom is 0.224 e. The smallest absolute Gasteiger partial charge is 0.224 e. The second-order valence-corrected chi connectivity index (χ2v) is 5.64. The molecule has 2 rings (SSSR count). The zero-order valence-electron chi connectivity index (χ0n) is 12.2. The van der Waals surface area contributed by atoms with Gasteiger partial charge in [0.1, 0.15) is 0 Å². The Balaban J connectivity index is 2.02. The van der Waals surface area contributed by atoms with Gasteiger partial charge in [-0.25, -0.2) is 0 Å². The lowest BCUT2D eigenvalue weighted by molar-refractivity contribution is -0.115. The third-order valence-electron chi connectivity index (χ3n) is 3.07. The summed E-state index contributed by atoms with van der Waals surface area (Å²) in [6.45, 7) is 1.81. The molecule has 0 aliphatic heterocycles. The highest BCUT2D eigenvalue weighted by atomic mass is 79.9. The van der Waals surface area contributed by atoms with Crippen molar-refractivity contribution in [3.05, 3.63) is 70.2 Å². The number of nitrogens with one attached hydrogen (secondary N) is 1. The molecule has 0 aromatic heterocycles. The number of carbonyl (C=O) groups excluding carboxylic acids is 2. The lowest BCUT2D eigenvalue weighted by Crippen LogP contribution is -2.08. The van der Waals surface area contributed by atoms with Crippen molar-refractivity contribution in [1.82, 2.24) is 0 Å². The summed E-state index contributed by atoms with van der Waals surface area (Å²) < 4.78 is 0.942. The quantitative estimate of drug-likeness (QED) is 0.622. The summed E-state index contributed by atoms with van der Waals surface area (Å²) in [6.07, 6.45) is 3.75. The van der Waals surface area contributed by atoms with E-state index < -0.39 is 0 Å². The van der Waals surface area contributed by atoms with Crippen LogP contribution in [0.3, 0.4) is 0 Å². The number of benzene rings is 2. The lowest BCUT2D eigenvalue weighted by Gasteiger charge is -2.03. The predicted molar refractivity (Wildman–Crippen MR) is 92.9 cm³/mol. The van der Waals surface area contributed by atoms with Crippen LogP contribution in [-0.4, -0.2) is 11.7 Å². The number of halogens is 1. The molecule has 0 radical (unpaired) electrons. The first kappa shape index (κ1) is 16.2. The number of amides is 1. The van der Waals surface area contributed by atoms with Gasteiger partial charge in [-0.1, -0.05) is 41.1 Å². The molecule has 0 atom stereocenters. The Labute approximate surface area is 138 Å². The number of rotatable bonds is 5. The third kappa shape index (κ3) is 4.67. The van der Waals surface area contributed by atoms with Gasteiger partial charge in [0.2, 0.25) is 5.91 Å². The largest absolute Gasteiger partial charge is 0.326 e. The molecular weight excluding hydrogens is 342 g/mol. The molecule has 0 saturated carbocycles. The second kappa shape index (κ2) is 7.71. The third-order valence-corrected chi connectivity index (χ3v) is 3.60. The first-order valence-electron chi connectivity index (χ1n) is 6.96. The molecule has 0 unspecified atom stereocenters. The molecule has 1 N–H and O–H groups in total. The molecule has 0 aliphatic rings. The number of hydrogen-bond donors (Lipinski definition) is 1. The van der Waals surface area contributed by atoms with Crippen LogP contribution in [0.25, 0.3) is 6.08 Å². The van der Waals surface area contributed by atoms with Gasteiger partial charge in [0.25, 0.3) is 0 Å². The van der Waals surface area contributed by atoms with E-state index in [1.54, 1.807) is 31.2 Å². The molecule has 22 heavy (non-hydrogen) atoms. The SMILES string of the molecule is CCC(=O)Nc1ccc(C=CC(=O)c2ccc(Br)cc2)cc1. The summed E-state index contributed by atoms with van der Waals surface area (Å²) in [6, 6.07) is 14.6. The van der Waals surface area contributed by atoms with Crippen LogP contribution in [0.2, 0.25) is 0 Å². The van der Waals surface area contributed by atoms with Gasteiger partial charge < -0.3 is 5.32 Å². The first-order valence-corrected chi connectivity index (χ1v) is 7.75. The van der Waals surface area contributed by atoms with E-state index in [1.165, 1.54) is 0 Å². The van der Waals surface area contributed by atoms with Crippen LogP contribution in [0.4, 0.5) is 5.69 Å². The number of hydrogen-bond acceptors (Lipinski definition) is 2. The van der Waals surface area contributed by atoms with Crippen molar-refractivity contribution < 1.29 is 9.59 Å². The monoisotopic (exact) mass is 357 g/mol. The average Bonchev–Trinajstić information content (AvgIpc) is 2.54. The van der Waals surface area contributed by atoms with E-state index in [2.05, 4.69) is 21.2 Å². The summed E-state index contributed by atoms with van der Waals surface area (Å²) in [4.78, 5) is 23.3. The van der Waals surface area contributed by atoms with Gasteiger partial charge >= 0.3 is 0 Å². The Kier molecular flexibility index (Phi) is 5.67. The van der Waals surface area contributed by atoms with Crippen LogP contribution in [0, 0.1) is 0 Å². The number of allylic oxidation sites excluding steroid dienone is 1. The molecule has 0 aliphatic carbocycles. The fourth-order valence-corrected chi connectivity index (χ4v) is 2.07. The molecule has 4 heteroatoms. The Morgan fingerprint density at radius 2 is 1.68 bits per heavy atom. The minimum absolute atomic E-state index is 0.0197. The molecule has 0 saturated heterocycles. The minimum atomic E-state index is -0.0455. The van der Waals surface area contributed by atoms with Gasteiger partial charge in [-0.05, 0) is 48.0 Å². The topological polar surface area (TPSA) is 46.2 Å². The van der Waals surface area contributed by atoms with Gasteiger partial charge in [-0.3, -0.25) is 9.59 Å². The van der Waals surface area contributed by atoms with Crippen LogP contribution in [0.15, 0.2) is 59.1 Å². The van der Waals surface area contributed by atoms with Gasteiger partial charge in [0.15, 0.2) is 5.78 Å². The lowest BCUT2D eigenvalue weighted by atomic mass is 10.1. The van der Waals surface area contributed by atoms with Crippen LogP contribution in [0.1, 0.15) is 29.3 Å². The van der Waals surface area contributed by atoms with E-state index in [0.717, 1.165) is 15.7 Å². The van der Waals surface area contributed by atoms with Crippen molar-refractivity contribution in [3.63, 3.8) is 0 Å². The first-order chi connectivity index (χ1) is 10.6. The normalized spacial score (nSPS) is 10.6. The van der Waals surface area contributed by atoms with Crippen LogP contribution in [0.5, 0.6) is 0 Å².